The highest BCUT2D eigenvalue weighted by atomic mass is 16.1. The van der Waals surface area contributed by atoms with E-state index in [1.54, 1.807) is 0 Å². The van der Waals surface area contributed by atoms with Crippen molar-refractivity contribution >= 4 is 5.91 Å². The fraction of sp³-hybridized carbons (Fsp3) is 0.933. The first-order chi connectivity index (χ1) is 9.19. The fourth-order valence-corrected chi connectivity index (χ4v) is 2.14. The molecule has 3 N–H and O–H groups in total. The molecular weight excluding hydrogens is 252 g/mol. The van der Waals surface area contributed by atoms with E-state index in [0.29, 0.717) is 13.0 Å². The highest BCUT2D eigenvalue weighted by Gasteiger charge is 2.22. The van der Waals surface area contributed by atoms with E-state index in [4.69, 9.17) is 5.73 Å². The lowest BCUT2D eigenvalue weighted by atomic mass is 10.1. The molecule has 0 aromatic rings. The number of nitrogens with zero attached hydrogens (tertiary/aromatic N) is 2. The van der Waals surface area contributed by atoms with E-state index in [2.05, 4.69) is 36.1 Å². The molecule has 0 fully saturated rings. The Kier molecular flexibility index (Phi) is 9.01. The van der Waals surface area contributed by atoms with E-state index >= 15 is 0 Å². The van der Waals surface area contributed by atoms with Crippen molar-refractivity contribution in [3.8, 4) is 0 Å². The van der Waals surface area contributed by atoms with Crippen LogP contribution in [0.3, 0.4) is 0 Å². The Balaban J connectivity index is 4.52. The van der Waals surface area contributed by atoms with Gasteiger partial charge in [-0.15, -0.1) is 0 Å². The first-order valence-corrected chi connectivity index (χ1v) is 7.59. The third-order valence-corrected chi connectivity index (χ3v) is 3.07. The van der Waals surface area contributed by atoms with E-state index in [1.165, 1.54) is 0 Å². The van der Waals surface area contributed by atoms with Gasteiger partial charge in [-0.05, 0) is 47.8 Å². The van der Waals surface area contributed by atoms with Crippen molar-refractivity contribution in [3.05, 3.63) is 0 Å². The molecule has 5 nitrogen and oxygen atoms in total. The molecule has 1 amide bonds. The van der Waals surface area contributed by atoms with Crippen LogP contribution in [0.4, 0.5) is 0 Å². The molecule has 0 heterocycles. The van der Waals surface area contributed by atoms with Crippen molar-refractivity contribution in [2.45, 2.75) is 52.1 Å². The maximum atomic E-state index is 12.1. The smallest absolute Gasteiger partial charge is 0.222 e. The Bertz CT molecular complexity index is 274. The van der Waals surface area contributed by atoms with Crippen LogP contribution in [0.25, 0.3) is 0 Å². The molecule has 0 saturated heterocycles. The molecule has 0 aliphatic carbocycles. The number of carbonyl (C=O) groups excluding carboxylic acids is 1. The number of likely N-dealkylation sites (N-methyl/N-ethyl adjacent to an activating group) is 1. The quantitative estimate of drug-likeness (QED) is 0.661. The lowest BCUT2D eigenvalue weighted by Crippen LogP contribution is -2.49. The van der Waals surface area contributed by atoms with Gasteiger partial charge < -0.3 is 16.0 Å². The van der Waals surface area contributed by atoms with Crippen LogP contribution < -0.4 is 11.1 Å². The summed E-state index contributed by atoms with van der Waals surface area (Å²) in [6, 6.07) is 0.122. The summed E-state index contributed by atoms with van der Waals surface area (Å²) < 4.78 is 0. The van der Waals surface area contributed by atoms with Gasteiger partial charge in [0.1, 0.15) is 0 Å². The van der Waals surface area contributed by atoms with Gasteiger partial charge in [0.25, 0.3) is 0 Å². The standard InChI is InChI=1S/C15H34N4O/c1-7-8-19(10-9-18(5)6)13(12-16)11-14(20)17-15(2,3)4/h13H,7-12,16H2,1-6H3,(H,17,20). The zero-order valence-corrected chi connectivity index (χ0v) is 14.2. The largest absolute Gasteiger partial charge is 0.351 e. The average Bonchev–Trinajstić information content (AvgIpc) is 2.29. The minimum Gasteiger partial charge on any atom is -0.351 e. The predicted molar refractivity (Wildman–Crippen MR) is 85.8 cm³/mol. The molecule has 0 aromatic carbocycles. The molecule has 0 spiro atoms. The molecule has 5 heteroatoms. The summed E-state index contributed by atoms with van der Waals surface area (Å²) in [5.74, 6) is 0.0823. The van der Waals surface area contributed by atoms with Gasteiger partial charge in [0.05, 0.1) is 0 Å². The van der Waals surface area contributed by atoms with Gasteiger partial charge in [0.15, 0.2) is 0 Å². The van der Waals surface area contributed by atoms with Crippen molar-refractivity contribution in [3.63, 3.8) is 0 Å². The maximum absolute atomic E-state index is 12.1. The first kappa shape index (κ1) is 19.4. The molecular formula is C15H34N4O. The second-order valence-electron chi connectivity index (χ2n) is 6.73. The fourth-order valence-electron chi connectivity index (χ4n) is 2.14. The van der Waals surface area contributed by atoms with Gasteiger partial charge in [0, 0.05) is 37.6 Å². The van der Waals surface area contributed by atoms with Crippen LogP contribution in [-0.2, 0) is 4.79 Å². The zero-order chi connectivity index (χ0) is 15.8. The topological polar surface area (TPSA) is 61.6 Å². The Labute approximate surface area is 124 Å². The molecule has 120 valence electrons. The number of nitrogens with one attached hydrogen (secondary N) is 1. The van der Waals surface area contributed by atoms with Gasteiger partial charge in [-0.25, -0.2) is 0 Å². The van der Waals surface area contributed by atoms with Gasteiger partial charge in [-0.3, -0.25) is 9.69 Å². The van der Waals surface area contributed by atoms with Crippen LogP contribution in [0.2, 0.25) is 0 Å². The SMILES string of the molecule is CCCN(CCN(C)C)C(CN)CC(=O)NC(C)(C)C. The normalized spacial score (nSPS) is 13.8. The molecule has 0 bridgehead atoms. The van der Waals surface area contributed by atoms with Crippen LogP contribution in [-0.4, -0.2) is 67.6 Å². The molecule has 0 saturated carbocycles. The van der Waals surface area contributed by atoms with Crippen molar-refractivity contribution < 1.29 is 4.79 Å². The number of hydrogen-bond acceptors (Lipinski definition) is 4. The van der Waals surface area contributed by atoms with Crippen LogP contribution in [0, 0.1) is 0 Å². The second-order valence-corrected chi connectivity index (χ2v) is 6.73. The maximum Gasteiger partial charge on any atom is 0.222 e. The third-order valence-electron chi connectivity index (χ3n) is 3.07. The Morgan fingerprint density at radius 3 is 2.20 bits per heavy atom. The lowest BCUT2D eigenvalue weighted by Gasteiger charge is -2.32. The predicted octanol–water partition coefficient (Wildman–Crippen LogP) is 0.892. The van der Waals surface area contributed by atoms with Crippen molar-refractivity contribution in [2.75, 3.05) is 40.3 Å². The van der Waals surface area contributed by atoms with Gasteiger partial charge in [0.2, 0.25) is 5.91 Å². The highest BCUT2D eigenvalue weighted by Crippen LogP contribution is 2.07. The Hall–Kier alpha value is -0.650. The molecule has 0 aliphatic rings. The summed E-state index contributed by atoms with van der Waals surface area (Å²) in [4.78, 5) is 16.6. The molecule has 0 aromatic heterocycles. The monoisotopic (exact) mass is 286 g/mol. The summed E-state index contributed by atoms with van der Waals surface area (Å²) >= 11 is 0. The molecule has 20 heavy (non-hydrogen) atoms. The zero-order valence-electron chi connectivity index (χ0n) is 14.2. The molecule has 1 atom stereocenters. The van der Waals surface area contributed by atoms with Crippen molar-refractivity contribution in [1.82, 2.24) is 15.1 Å². The van der Waals surface area contributed by atoms with Crippen molar-refractivity contribution in [2.24, 2.45) is 5.73 Å². The minimum atomic E-state index is -0.185. The molecule has 0 aliphatic heterocycles. The van der Waals surface area contributed by atoms with E-state index in [-0.39, 0.29) is 17.5 Å². The number of hydrogen-bond donors (Lipinski definition) is 2. The van der Waals surface area contributed by atoms with Crippen LogP contribution >= 0.6 is 0 Å². The van der Waals surface area contributed by atoms with Crippen molar-refractivity contribution in [1.29, 1.82) is 0 Å². The third kappa shape index (κ3) is 9.28. The number of nitrogens with two attached hydrogens (primary N) is 1. The minimum absolute atomic E-state index is 0.0823. The highest BCUT2D eigenvalue weighted by molar-refractivity contribution is 5.77. The van der Waals surface area contributed by atoms with E-state index in [1.807, 2.05) is 20.8 Å². The number of rotatable bonds is 9. The number of amides is 1. The summed E-state index contributed by atoms with van der Waals surface area (Å²) in [6.07, 6.45) is 1.55. The number of carbonyl (C=O) groups is 1. The Morgan fingerprint density at radius 1 is 1.20 bits per heavy atom. The first-order valence-electron chi connectivity index (χ1n) is 7.59. The van der Waals surface area contributed by atoms with E-state index in [0.717, 1.165) is 26.1 Å². The molecule has 0 radical (unpaired) electrons. The molecule has 0 rings (SSSR count). The summed E-state index contributed by atoms with van der Waals surface area (Å²) in [6.45, 7) is 11.6. The lowest BCUT2D eigenvalue weighted by molar-refractivity contribution is -0.123. The van der Waals surface area contributed by atoms with E-state index < -0.39 is 0 Å². The van der Waals surface area contributed by atoms with Gasteiger partial charge in [-0.2, -0.15) is 0 Å². The van der Waals surface area contributed by atoms with Crippen LogP contribution in [0.1, 0.15) is 40.5 Å². The second kappa shape index (κ2) is 9.32. The Morgan fingerprint density at radius 2 is 1.80 bits per heavy atom. The molecule has 1 unspecified atom stereocenters. The summed E-state index contributed by atoms with van der Waals surface area (Å²) in [5.41, 5.74) is 5.70. The van der Waals surface area contributed by atoms with Crippen LogP contribution in [0.15, 0.2) is 0 Å². The summed E-state index contributed by atoms with van der Waals surface area (Å²) in [7, 11) is 4.13. The average molecular weight is 286 g/mol. The van der Waals surface area contributed by atoms with Crippen LogP contribution in [0.5, 0.6) is 0 Å². The van der Waals surface area contributed by atoms with E-state index in [9.17, 15) is 4.79 Å². The summed E-state index contributed by atoms with van der Waals surface area (Å²) in [5, 5.41) is 3.01. The van der Waals surface area contributed by atoms with Gasteiger partial charge >= 0.3 is 0 Å². The van der Waals surface area contributed by atoms with Gasteiger partial charge in [-0.1, -0.05) is 6.92 Å².